The third-order valence-corrected chi connectivity index (χ3v) is 7.78. The van der Waals surface area contributed by atoms with Gasteiger partial charge >= 0.3 is 0 Å². The molecule has 190 valence electrons. The molecule has 1 fully saturated rings. The van der Waals surface area contributed by atoms with Gasteiger partial charge in [0, 0.05) is 41.7 Å². The zero-order chi connectivity index (χ0) is 26.1. The Morgan fingerprint density at radius 3 is 2.79 bits per heavy atom. The second kappa shape index (κ2) is 8.32. The van der Waals surface area contributed by atoms with Crippen LogP contribution in [0.25, 0.3) is 28.1 Å². The smallest absolute Gasteiger partial charge is 0.185 e. The molecule has 0 N–H and O–H groups in total. The molecule has 2 aromatic carbocycles. The molecular formula is C29H23F2N5O2. The number of nitrogens with zero attached hydrogens (tertiary/aromatic N) is 5. The first-order valence-corrected chi connectivity index (χ1v) is 12.4. The number of hydrogen-bond donors (Lipinski definition) is 0. The molecule has 0 saturated carbocycles. The number of morpholine rings is 1. The van der Waals surface area contributed by atoms with Crippen LogP contribution >= 0.6 is 0 Å². The van der Waals surface area contributed by atoms with E-state index >= 15 is 4.39 Å². The summed E-state index contributed by atoms with van der Waals surface area (Å²) < 4.78 is 38.4. The number of fused-ring (bicyclic) bond motifs is 7. The van der Waals surface area contributed by atoms with Crippen LogP contribution in [0.1, 0.15) is 28.4 Å². The van der Waals surface area contributed by atoms with Gasteiger partial charge in [0.25, 0.3) is 0 Å². The molecule has 2 unspecified atom stereocenters. The second-order valence-electron chi connectivity index (χ2n) is 9.67. The van der Waals surface area contributed by atoms with E-state index in [-0.39, 0.29) is 17.2 Å². The van der Waals surface area contributed by atoms with Crippen molar-refractivity contribution in [2.24, 2.45) is 0 Å². The van der Waals surface area contributed by atoms with Crippen molar-refractivity contribution >= 4 is 5.70 Å². The Balaban J connectivity index is 1.60. The highest BCUT2D eigenvalue weighted by atomic mass is 19.2. The Kier molecular flexibility index (Phi) is 4.99. The molecule has 0 amide bonds. The minimum absolute atomic E-state index is 0.0931. The number of pyridine rings is 1. The van der Waals surface area contributed by atoms with Gasteiger partial charge in [-0.3, -0.25) is 14.5 Å². The summed E-state index contributed by atoms with van der Waals surface area (Å²) in [6.45, 7) is 7.57. The molecule has 9 heteroatoms. The molecule has 0 spiro atoms. The highest BCUT2D eigenvalue weighted by Gasteiger charge is 2.44. The minimum atomic E-state index is -0.963. The lowest BCUT2D eigenvalue weighted by atomic mass is 9.92. The van der Waals surface area contributed by atoms with Gasteiger partial charge in [-0.2, -0.15) is 0 Å². The van der Waals surface area contributed by atoms with E-state index in [0.717, 1.165) is 22.9 Å². The van der Waals surface area contributed by atoms with Crippen molar-refractivity contribution in [1.29, 1.82) is 0 Å². The fraction of sp³-hybridized carbons (Fsp3) is 0.207. The van der Waals surface area contributed by atoms with E-state index in [0.29, 0.717) is 47.8 Å². The monoisotopic (exact) mass is 511 g/mol. The van der Waals surface area contributed by atoms with Crippen LogP contribution < -0.4 is 10.4 Å². The van der Waals surface area contributed by atoms with Crippen molar-refractivity contribution in [3.63, 3.8) is 0 Å². The normalized spacial score (nSPS) is 19.6. The quantitative estimate of drug-likeness (QED) is 0.381. The van der Waals surface area contributed by atoms with Gasteiger partial charge in [-0.15, -0.1) is 0 Å². The maximum Gasteiger partial charge on any atom is 0.185 e. The molecule has 7 rings (SSSR count). The summed E-state index contributed by atoms with van der Waals surface area (Å²) in [7, 11) is 0. The van der Waals surface area contributed by atoms with Crippen LogP contribution in [-0.4, -0.2) is 45.5 Å². The average Bonchev–Trinajstić information content (AvgIpc) is 3.06. The summed E-state index contributed by atoms with van der Waals surface area (Å²) in [5, 5.41) is 2.09. The third-order valence-electron chi connectivity index (χ3n) is 7.78. The SMILES string of the molecule is C=C1c2c(C)c(=O)ccn2N(C2c3ccccc3-c3cncnc3-c3c2ccc(F)c3F)C2COCCN12. The van der Waals surface area contributed by atoms with E-state index in [1.165, 1.54) is 12.4 Å². The molecule has 38 heavy (non-hydrogen) atoms. The van der Waals surface area contributed by atoms with Crippen molar-refractivity contribution in [3.8, 4) is 22.4 Å². The number of rotatable bonds is 1. The maximum atomic E-state index is 15.8. The zero-order valence-corrected chi connectivity index (χ0v) is 20.6. The topological polar surface area (TPSA) is 63.5 Å². The summed E-state index contributed by atoms with van der Waals surface area (Å²) in [6, 6.07) is 11.5. The van der Waals surface area contributed by atoms with Gasteiger partial charge in [0.1, 0.15) is 12.5 Å². The van der Waals surface area contributed by atoms with Crippen molar-refractivity contribution < 1.29 is 13.5 Å². The van der Waals surface area contributed by atoms with E-state index in [9.17, 15) is 9.18 Å². The first kappa shape index (κ1) is 22.8. The summed E-state index contributed by atoms with van der Waals surface area (Å²) >= 11 is 0. The van der Waals surface area contributed by atoms with Crippen LogP contribution in [0.5, 0.6) is 0 Å². The van der Waals surface area contributed by atoms with Gasteiger partial charge in [0.2, 0.25) is 0 Å². The molecule has 2 aliphatic heterocycles. The number of hydrogen-bond acceptors (Lipinski definition) is 6. The average molecular weight is 512 g/mol. The van der Waals surface area contributed by atoms with Gasteiger partial charge in [-0.05, 0) is 29.7 Å². The first-order chi connectivity index (χ1) is 18.5. The van der Waals surface area contributed by atoms with Crippen LogP contribution in [0.3, 0.4) is 0 Å². The highest BCUT2D eigenvalue weighted by Crippen LogP contribution is 2.48. The van der Waals surface area contributed by atoms with Gasteiger partial charge in [0.15, 0.2) is 17.1 Å². The van der Waals surface area contributed by atoms with E-state index in [1.54, 1.807) is 25.4 Å². The van der Waals surface area contributed by atoms with Crippen LogP contribution in [0.4, 0.5) is 8.78 Å². The lowest BCUT2D eigenvalue weighted by molar-refractivity contribution is 0.00327. The summed E-state index contributed by atoms with van der Waals surface area (Å²) in [5.74, 6) is -1.91. The number of halogens is 2. The van der Waals surface area contributed by atoms with Gasteiger partial charge in [-0.1, -0.05) is 36.9 Å². The van der Waals surface area contributed by atoms with E-state index in [1.807, 2.05) is 28.9 Å². The van der Waals surface area contributed by atoms with Crippen molar-refractivity contribution in [1.82, 2.24) is 19.5 Å². The third kappa shape index (κ3) is 3.05. The Labute approximate surface area is 217 Å². The van der Waals surface area contributed by atoms with Crippen LogP contribution in [0.2, 0.25) is 0 Å². The lowest BCUT2D eigenvalue weighted by Crippen LogP contribution is -2.63. The largest absolute Gasteiger partial charge is 0.375 e. The molecule has 4 heterocycles. The summed E-state index contributed by atoms with van der Waals surface area (Å²) in [4.78, 5) is 23.5. The predicted octanol–water partition coefficient (Wildman–Crippen LogP) is 4.24. The van der Waals surface area contributed by atoms with Crippen molar-refractivity contribution in [2.75, 3.05) is 24.8 Å². The second-order valence-corrected chi connectivity index (χ2v) is 9.67. The molecule has 1 saturated heterocycles. The Hall–Kier alpha value is -4.37. The van der Waals surface area contributed by atoms with Gasteiger partial charge < -0.3 is 9.64 Å². The van der Waals surface area contributed by atoms with Gasteiger partial charge in [0.05, 0.1) is 36.3 Å². The Bertz CT molecular complexity index is 1700. The van der Waals surface area contributed by atoms with Crippen LogP contribution in [0.15, 0.2) is 72.6 Å². The molecule has 7 nitrogen and oxygen atoms in total. The van der Waals surface area contributed by atoms with Crippen LogP contribution in [-0.2, 0) is 4.74 Å². The number of aromatic nitrogens is 3. The Morgan fingerprint density at radius 2 is 1.92 bits per heavy atom. The summed E-state index contributed by atoms with van der Waals surface area (Å²) in [6.07, 6.45) is 4.39. The predicted molar refractivity (Wildman–Crippen MR) is 139 cm³/mol. The number of benzene rings is 2. The van der Waals surface area contributed by atoms with E-state index in [4.69, 9.17) is 4.74 Å². The Morgan fingerprint density at radius 1 is 1.08 bits per heavy atom. The zero-order valence-electron chi connectivity index (χ0n) is 20.6. The summed E-state index contributed by atoms with van der Waals surface area (Å²) in [5.41, 5.74) is 5.15. The first-order valence-electron chi connectivity index (χ1n) is 12.4. The van der Waals surface area contributed by atoms with E-state index < -0.39 is 17.7 Å². The standard InChI is InChI=1S/C29H23F2N5O2/c1-16-23(37)9-10-35-28(16)17(2)34-11-12-38-14-24(34)36(35)29-19-6-4-3-5-18(19)21-13-32-15-33-27(21)25-20(29)7-8-22(30)26(25)31/h3-10,13,15,24,29H,2,11-12,14H2,1H3. The highest BCUT2D eigenvalue weighted by molar-refractivity contribution is 5.87. The minimum Gasteiger partial charge on any atom is -0.375 e. The van der Waals surface area contributed by atoms with Crippen molar-refractivity contribution in [2.45, 2.75) is 19.1 Å². The van der Waals surface area contributed by atoms with E-state index in [2.05, 4.69) is 26.5 Å². The molecule has 2 aromatic heterocycles. The molecule has 0 bridgehead atoms. The molecular weight excluding hydrogens is 488 g/mol. The fourth-order valence-corrected chi connectivity index (χ4v) is 6.06. The molecule has 3 aliphatic rings. The number of ether oxygens (including phenoxy) is 1. The maximum absolute atomic E-state index is 15.8. The lowest BCUT2D eigenvalue weighted by Gasteiger charge is -2.53. The molecule has 2 atom stereocenters. The van der Waals surface area contributed by atoms with Crippen LogP contribution in [0, 0.1) is 18.6 Å². The fourth-order valence-electron chi connectivity index (χ4n) is 6.06. The molecule has 0 radical (unpaired) electrons. The molecule has 4 aromatic rings. The van der Waals surface area contributed by atoms with Crippen molar-refractivity contribution in [3.05, 3.63) is 112 Å². The molecule has 1 aliphatic carbocycles. The van der Waals surface area contributed by atoms with Gasteiger partial charge in [-0.25, -0.2) is 18.7 Å².